The van der Waals surface area contributed by atoms with Gasteiger partial charge < -0.3 is 4.90 Å². The second-order valence-electron chi connectivity index (χ2n) is 4.98. The summed E-state index contributed by atoms with van der Waals surface area (Å²) in [6.45, 7) is 0.889. The minimum Gasteiger partial charge on any atom is -0.337 e. The van der Waals surface area contributed by atoms with Gasteiger partial charge in [-0.3, -0.25) is 4.79 Å². The van der Waals surface area contributed by atoms with Gasteiger partial charge in [0.2, 0.25) is 5.43 Å². The summed E-state index contributed by atoms with van der Waals surface area (Å²) >= 11 is 1.64. The Hall–Kier alpha value is -2.13. The first-order chi connectivity index (χ1) is 9.84. The molecule has 0 radical (unpaired) electrons. The number of hydrogen-bond donors (Lipinski definition) is 0. The van der Waals surface area contributed by atoms with Gasteiger partial charge in [0.25, 0.3) is 0 Å². The highest BCUT2D eigenvalue weighted by Crippen LogP contribution is 2.34. The molecule has 0 spiro atoms. The molecule has 1 aliphatic heterocycles. The average molecular weight is 279 g/mol. The quantitative estimate of drug-likeness (QED) is 0.672. The second kappa shape index (κ2) is 4.46. The van der Waals surface area contributed by atoms with E-state index in [1.54, 1.807) is 11.3 Å². The van der Waals surface area contributed by atoms with Gasteiger partial charge in [0.15, 0.2) is 0 Å². The molecule has 2 heterocycles. The fraction of sp³-hybridized carbons (Fsp3) is 0.118. The highest BCUT2D eigenvalue weighted by molar-refractivity contribution is 7.16. The van der Waals surface area contributed by atoms with Crippen LogP contribution >= 0.6 is 11.3 Å². The number of anilines is 2. The van der Waals surface area contributed by atoms with E-state index in [-0.39, 0.29) is 5.43 Å². The molecule has 2 nitrogen and oxygen atoms in total. The van der Waals surface area contributed by atoms with E-state index in [0.717, 1.165) is 28.7 Å². The molecule has 0 bridgehead atoms. The van der Waals surface area contributed by atoms with Gasteiger partial charge >= 0.3 is 0 Å². The lowest BCUT2D eigenvalue weighted by Gasteiger charge is -2.18. The van der Waals surface area contributed by atoms with Gasteiger partial charge in [-0.2, -0.15) is 0 Å². The molecule has 0 N–H and O–H groups in total. The number of benzene rings is 2. The van der Waals surface area contributed by atoms with Crippen LogP contribution in [0.1, 0.15) is 5.56 Å². The molecule has 0 atom stereocenters. The predicted molar refractivity (Wildman–Crippen MR) is 85.2 cm³/mol. The van der Waals surface area contributed by atoms with E-state index in [1.165, 1.54) is 11.3 Å². The van der Waals surface area contributed by atoms with Crippen LogP contribution in [0.3, 0.4) is 0 Å². The van der Waals surface area contributed by atoms with Crippen molar-refractivity contribution in [3.05, 3.63) is 69.7 Å². The van der Waals surface area contributed by atoms with Crippen molar-refractivity contribution >= 4 is 32.8 Å². The maximum absolute atomic E-state index is 12.7. The number of rotatable bonds is 1. The maximum atomic E-state index is 12.7. The molecular weight excluding hydrogens is 266 g/mol. The van der Waals surface area contributed by atoms with E-state index >= 15 is 0 Å². The van der Waals surface area contributed by atoms with Crippen LogP contribution < -0.4 is 10.3 Å². The summed E-state index contributed by atoms with van der Waals surface area (Å²) in [4.78, 5) is 14.8. The zero-order valence-corrected chi connectivity index (χ0v) is 11.7. The second-order valence-corrected chi connectivity index (χ2v) is 5.89. The molecule has 20 heavy (non-hydrogen) atoms. The molecule has 0 saturated carbocycles. The summed E-state index contributed by atoms with van der Waals surface area (Å²) in [5.41, 5.74) is 3.44. The lowest BCUT2D eigenvalue weighted by atomic mass is 10.2. The van der Waals surface area contributed by atoms with Crippen LogP contribution in [0.2, 0.25) is 0 Å². The zero-order chi connectivity index (χ0) is 13.5. The normalized spacial score (nSPS) is 13.7. The largest absolute Gasteiger partial charge is 0.337 e. The lowest BCUT2D eigenvalue weighted by Crippen LogP contribution is -2.20. The number of fused-ring (bicyclic) bond motifs is 2. The molecule has 0 saturated heterocycles. The van der Waals surface area contributed by atoms with Crippen LogP contribution in [0.25, 0.3) is 10.1 Å². The molecule has 1 aliphatic rings. The summed E-state index contributed by atoms with van der Waals surface area (Å²) in [6.07, 6.45) is 1.01. The Kier molecular flexibility index (Phi) is 2.60. The molecule has 0 aliphatic carbocycles. The first kappa shape index (κ1) is 11.7. The summed E-state index contributed by atoms with van der Waals surface area (Å²) in [7, 11) is 0. The van der Waals surface area contributed by atoms with E-state index in [1.807, 2.05) is 35.7 Å². The van der Waals surface area contributed by atoms with Crippen molar-refractivity contribution in [3.8, 4) is 0 Å². The lowest BCUT2D eigenvalue weighted by molar-refractivity contribution is 0.997. The first-order valence-electron chi connectivity index (χ1n) is 6.70. The van der Waals surface area contributed by atoms with Gasteiger partial charge in [-0.05, 0) is 30.2 Å². The Morgan fingerprint density at radius 2 is 1.75 bits per heavy atom. The van der Waals surface area contributed by atoms with Gasteiger partial charge in [-0.1, -0.05) is 30.3 Å². The molecule has 1 aromatic heterocycles. The third-order valence-corrected chi connectivity index (χ3v) is 4.79. The number of hydrogen-bond acceptors (Lipinski definition) is 3. The van der Waals surface area contributed by atoms with Crippen LogP contribution in [0, 0.1) is 0 Å². The number of para-hydroxylation sites is 1. The van der Waals surface area contributed by atoms with Gasteiger partial charge in [0.1, 0.15) is 0 Å². The minimum absolute atomic E-state index is 0.135. The highest BCUT2D eigenvalue weighted by atomic mass is 32.1. The van der Waals surface area contributed by atoms with Crippen LogP contribution in [-0.4, -0.2) is 6.54 Å². The Labute approximate surface area is 120 Å². The van der Waals surface area contributed by atoms with Crippen LogP contribution in [0.5, 0.6) is 0 Å². The molecular formula is C17H13NOS. The van der Waals surface area contributed by atoms with Crippen molar-refractivity contribution in [2.75, 3.05) is 11.4 Å². The smallest absolute Gasteiger partial charge is 0.211 e. The SMILES string of the molecule is O=c1c(N2CCc3ccccc32)csc2ccccc12. The molecule has 0 amide bonds. The standard InChI is InChI=1S/C17H13NOS/c19-17-13-6-2-4-8-16(13)20-11-15(17)18-10-9-12-5-1-3-7-14(12)18/h1-8,11H,9-10H2. The van der Waals surface area contributed by atoms with Crippen molar-refractivity contribution in [2.24, 2.45) is 0 Å². The Balaban J connectivity index is 1.92. The summed E-state index contributed by atoms with van der Waals surface area (Å²) in [5, 5.41) is 2.81. The summed E-state index contributed by atoms with van der Waals surface area (Å²) in [6, 6.07) is 16.2. The molecule has 4 rings (SSSR count). The Morgan fingerprint density at radius 1 is 0.950 bits per heavy atom. The monoisotopic (exact) mass is 279 g/mol. The fourth-order valence-electron chi connectivity index (χ4n) is 2.84. The van der Waals surface area contributed by atoms with Crippen molar-refractivity contribution < 1.29 is 0 Å². The third kappa shape index (κ3) is 1.67. The summed E-state index contributed by atoms with van der Waals surface area (Å²) in [5.74, 6) is 0. The number of nitrogens with zero attached hydrogens (tertiary/aromatic N) is 1. The van der Waals surface area contributed by atoms with E-state index in [4.69, 9.17) is 0 Å². The minimum atomic E-state index is 0.135. The van der Waals surface area contributed by atoms with E-state index in [2.05, 4.69) is 23.1 Å². The topological polar surface area (TPSA) is 20.3 Å². The van der Waals surface area contributed by atoms with Gasteiger partial charge in [-0.15, -0.1) is 11.3 Å². The first-order valence-corrected chi connectivity index (χ1v) is 7.58. The molecule has 0 unspecified atom stereocenters. The molecule has 2 aromatic carbocycles. The molecule has 0 fully saturated rings. The average Bonchev–Trinajstić information content (AvgIpc) is 2.92. The Morgan fingerprint density at radius 3 is 2.70 bits per heavy atom. The molecule has 3 aromatic rings. The third-order valence-electron chi connectivity index (χ3n) is 3.84. The highest BCUT2D eigenvalue weighted by Gasteiger charge is 2.22. The van der Waals surface area contributed by atoms with E-state index in [0.29, 0.717) is 0 Å². The summed E-state index contributed by atoms with van der Waals surface area (Å²) < 4.78 is 1.05. The van der Waals surface area contributed by atoms with Gasteiger partial charge in [0.05, 0.1) is 5.69 Å². The van der Waals surface area contributed by atoms with Crippen molar-refractivity contribution in [1.29, 1.82) is 0 Å². The zero-order valence-electron chi connectivity index (χ0n) is 10.9. The molecule has 98 valence electrons. The van der Waals surface area contributed by atoms with Gasteiger partial charge in [-0.25, -0.2) is 0 Å². The van der Waals surface area contributed by atoms with Crippen molar-refractivity contribution in [2.45, 2.75) is 6.42 Å². The van der Waals surface area contributed by atoms with Crippen LogP contribution in [0.15, 0.2) is 58.7 Å². The van der Waals surface area contributed by atoms with Crippen LogP contribution in [-0.2, 0) is 6.42 Å². The molecule has 3 heteroatoms. The van der Waals surface area contributed by atoms with Crippen molar-refractivity contribution in [3.63, 3.8) is 0 Å². The van der Waals surface area contributed by atoms with Gasteiger partial charge in [0, 0.05) is 27.7 Å². The van der Waals surface area contributed by atoms with Crippen molar-refractivity contribution in [1.82, 2.24) is 0 Å². The van der Waals surface area contributed by atoms with Crippen LogP contribution in [0.4, 0.5) is 11.4 Å². The van der Waals surface area contributed by atoms with E-state index in [9.17, 15) is 4.79 Å². The van der Waals surface area contributed by atoms with E-state index < -0.39 is 0 Å². The maximum Gasteiger partial charge on any atom is 0.211 e. The Bertz CT molecular complexity index is 853. The predicted octanol–water partition coefficient (Wildman–Crippen LogP) is 3.96. The fourth-order valence-corrected chi connectivity index (χ4v) is 3.76.